The number of rotatable bonds is 4. The maximum Gasteiger partial charge on any atom is 0.314 e. The van der Waals surface area contributed by atoms with Gasteiger partial charge in [0.1, 0.15) is 5.82 Å². The molecule has 0 saturated carbocycles. The molecule has 1 unspecified atom stereocenters. The summed E-state index contributed by atoms with van der Waals surface area (Å²) in [6, 6.07) is 11.5. The third-order valence-electron chi connectivity index (χ3n) is 5.81. The van der Waals surface area contributed by atoms with Crippen molar-refractivity contribution in [3.8, 4) is 11.5 Å². The molecule has 3 aromatic rings. The Morgan fingerprint density at radius 1 is 1.06 bits per heavy atom. The zero-order valence-corrected chi connectivity index (χ0v) is 16.5. The van der Waals surface area contributed by atoms with Gasteiger partial charge in [0.2, 0.25) is 5.89 Å². The molecular weight excluding hydrogens is 409 g/mol. The van der Waals surface area contributed by atoms with Gasteiger partial charge in [-0.05, 0) is 48.2 Å². The highest BCUT2D eigenvalue weighted by Gasteiger charge is 2.37. The van der Waals surface area contributed by atoms with Crippen molar-refractivity contribution in [2.75, 3.05) is 6.54 Å². The van der Waals surface area contributed by atoms with Crippen LogP contribution in [0.1, 0.15) is 59.1 Å². The lowest BCUT2D eigenvalue weighted by atomic mass is 9.96. The minimum absolute atomic E-state index is 0.0170. The van der Waals surface area contributed by atoms with Crippen molar-refractivity contribution in [3.05, 3.63) is 70.9 Å². The topological polar surface area (TPSA) is 62.5 Å². The van der Waals surface area contributed by atoms with E-state index in [0.717, 1.165) is 36.9 Å². The van der Waals surface area contributed by atoms with Gasteiger partial charge in [0, 0.05) is 17.7 Å². The SMILES string of the molecule is O=C1c2cc(-c3nnc(C(F)F)o3)ccc2CN1N1CCCCC1c1ccc(F)cc1. The second-order valence-corrected chi connectivity index (χ2v) is 7.71. The van der Waals surface area contributed by atoms with Crippen molar-refractivity contribution in [1.82, 2.24) is 20.2 Å². The van der Waals surface area contributed by atoms with Gasteiger partial charge >= 0.3 is 6.43 Å². The summed E-state index contributed by atoms with van der Waals surface area (Å²) in [6.45, 7) is 1.13. The van der Waals surface area contributed by atoms with Crippen LogP contribution in [-0.2, 0) is 6.54 Å². The number of aromatic nitrogens is 2. The fourth-order valence-electron chi connectivity index (χ4n) is 4.29. The summed E-state index contributed by atoms with van der Waals surface area (Å²) in [5, 5.41) is 10.8. The second kappa shape index (κ2) is 7.81. The third kappa shape index (κ3) is 3.59. The van der Waals surface area contributed by atoms with Crippen LogP contribution in [0.25, 0.3) is 11.5 Å². The van der Waals surface area contributed by atoms with Crippen molar-refractivity contribution in [1.29, 1.82) is 0 Å². The Labute approximate surface area is 176 Å². The van der Waals surface area contributed by atoms with Gasteiger partial charge in [0.05, 0.1) is 12.6 Å². The molecule has 9 heteroatoms. The van der Waals surface area contributed by atoms with Crippen LogP contribution >= 0.6 is 0 Å². The third-order valence-corrected chi connectivity index (χ3v) is 5.81. The highest BCUT2D eigenvalue weighted by molar-refractivity contribution is 5.99. The number of amides is 1. The molecule has 160 valence electrons. The molecule has 0 radical (unpaired) electrons. The van der Waals surface area contributed by atoms with Gasteiger partial charge in [-0.2, -0.15) is 8.78 Å². The van der Waals surface area contributed by atoms with Crippen LogP contribution in [0.4, 0.5) is 13.2 Å². The Balaban J connectivity index is 1.42. The standard InChI is InChI=1S/C22H19F3N4O2/c23-16-8-6-13(7-9-16)18-3-1-2-10-28(18)29-12-15-5-4-14(11-17(15)22(29)30)20-26-27-21(31-20)19(24)25/h4-9,11,18-19H,1-3,10,12H2. The molecule has 1 fully saturated rings. The number of carbonyl (C=O) groups is 1. The Bertz CT molecular complexity index is 1120. The van der Waals surface area contributed by atoms with E-state index in [9.17, 15) is 18.0 Å². The van der Waals surface area contributed by atoms with E-state index in [4.69, 9.17) is 4.42 Å². The molecule has 2 aromatic carbocycles. The molecular formula is C22H19F3N4O2. The lowest BCUT2D eigenvalue weighted by Crippen LogP contribution is -2.47. The normalized spacial score (nSPS) is 19.3. The van der Waals surface area contributed by atoms with E-state index >= 15 is 0 Å². The molecule has 1 amide bonds. The predicted molar refractivity (Wildman–Crippen MR) is 104 cm³/mol. The van der Waals surface area contributed by atoms with E-state index in [2.05, 4.69) is 15.2 Å². The van der Waals surface area contributed by atoms with Gasteiger partial charge in [-0.25, -0.2) is 9.40 Å². The molecule has 0 N–H and O–H groups in total. The van der Waals surface area contributed by atoms with Crippen LogP contribution in [0, 0.1) is 5.82 Å². The predicted octanol–water partition coefficient (Wildman–Crippen LogP) is 4.91. The minimum Gasteiger partial charge on any atom is -0.415 e. The highest BCUT2D eigenvalue weighted by Crippen LogP contribution is 2.37. The number of halogens is 3. The number of hydrogen-bond acceptors (Lipinski definition) is 5. The number of nitrogens with zero attached hydrogens (tertiary/aromatic N) is 4. The number of piperidine rings is 1. The Morgan fingerprint density at radius 2 is 1.87 bits per heavy atom. The number of alkyl halides is 2. The zero-order valence-electron chi connectivity index (χ0n) is 16.5. The van der Waals surface area contributed by atoms with Gasteiger partial charge in [0.15, 0.2) is 0 Å². The minimum atomic E-state index is -2.85. The molecule has 1 aromatic heterocycles. The first-order chi connectivity index (χ1) is 15.0. The fourth-order valence-corrected chi connectivity index (χ4v) is 4.29. The average molecular weight is 428 g/mol. The summed E-state index contributed by atoms with van der Waals surface area (Å²) in [5.74, 6) is -1.26. The number of fused-ring (bicyclic) bond motifs is 1. The fraction of sp³-hybridized carbons (Fsp3) is 0.318. The highest BCUT2D eigenvalue weighted by atomic mass is 19.3. The van der Waals surface area contributed by atoms with Crippen molar-refractivity contribution in [3.63, 3.8) is 0 Å². The molecule has 2 aliphatic rings. The quantitative estimate of drug-likeness (QED) is 0.591. The maximum absolute atomic E-state index is 13.4. The van der Waals surface area contributed by atoms with Crippen LogP contribution in [0.15, 0.2) is 46.9 Å². The van der Waals surface area contributed by atoms with E-state index < -0.39 is 12.3 Å². The molecule has 3 heterocycles. The van der Waals surface area contributed by atoms with Crippen molar-refractivity contribution in [2.45, 2.75) is 38.3 Å². The maximum atomic E-state index is 13.4. The first kappa shape index (κ1) is 19.7. The Kier molecular flexibility index (Phi) is 4.97. The van der Waals surface area contributed by atoms with Gasteiger partial charge < -0.3 is 4.42 Å². The van der Waals surface area contributed by atoms with Crippen LogP contribution in [0.3, 0.4) is 0 Å². The monoisotopic (exact) mass is 428 g/mol. The summed E-state index contributed by atoms with van der Waals surface area (Å²) >= 11 is 0. The molecule has 1 atom stereocenters. The Hall–Kier alpha value is -3.20. The van der Waals surface area contributed by atoms with Gasteiger partial charge in [-0.1, -0.05) is 24.6 Å². The molecule has 31 heavy (non-hydrogen) atoms. The van der Waals surface area contributed by atoms with Crippen LogP contribution in [-0.4, -0.2) is 32.7 Å². The summed E-state index contributed by atoms with van der Waals surface area (Å²) in [5.41, 5.74) is 2.71. The molecule has 5 rings (SSSR count). The second-order valence-electron chi connectivity index (χ2n) is 7.71. The summed E-state index contributed by atoms with van der Waals surface area (Å²) < 4.78 is 43.9. The molecule has 0 bridgehead atoms. The molecule has 2 aliphatic heterocycles. The Morgan fingerprint density at radius 3 is 2.61 bits per heavy atom. The summed E-state index contributed by atoms with van der Waals surface area (Å²) in [6.07, 6.45) is 0.00771. The van der Waals surface area contributed by atoms with Gasteiger partial charge in [-0.15, -0.1) is 10.2 Å². The number of hydrogen-bond donors (Lipinski definition) is 0. The lowest BCUT2D eigenvalue weighted by Gasteiger charge is -2.41. The average Bonchev–Trinajstić information content (AvgIpc) is 3.40. The van der Waals surface area contributed by atoms with E-state index in [1.165, 1.54) is 12.1 Å². The van der Waals surface area contributed by atoms with E-state index in [0.29, 0.717) is 17.7 Å². The largest absolute Gasteiger partial charge is 0.415 e. The number of carbonyl (C=O) groups excluding carboxylic acids is 1. The molecule has 0 aliphatic carbocycles. The van der Waals surface area contributed by atoms with Gasteiger partial charge in [0.25, 0.3) is 11.8 Å². The smallest absolute Gasteiger partial charge is 0.314 e. The first-order valence-corrected chi connectivity index (χ1v) is 10.1. The summed E-state index contributed by atoms with van der Waals surface area (Å²) in [7, 11) is 0. The van der Waals surface area contributed by atoms with Crippen molar-refractivity contribution >= 4 is 5.91 Å². The first-order valence-electron chi connectivity index (χ1n) is 10.1. The summed E-state index contributed by atoms with van der Waals surface area (Å²) in [4.78, 5) is 13.3. The van der Waals surface area contributed by atoms with E-state index in [1.54, 1.807) is 35.3 Å². The zero-order chi connectivity index (χ0) is 21.5. The van der Waals surface area contributed by atoms with Crippen LogP contribution < -0.4 is 0 Å². The van der Waals surface area contributed by atoms with Crippen LogP contribution in [0.5, 0.6) is 0 Å². The van der Waals surface area contributed by atoms with Gasteiger partial charge in [-0.3, -0.25) is 9.80 Å². The van der Waals surface area contributed by atoms with Crippen molar-refractivity contribution < 1.29 is 22.4 Å². The molecule has 1 saturated heterocycles. The number of benzene rings is 2. The van der Waals surface area contributed by atoms with Crippen molar-refractivity contribution in [2.24, 2.45) is 0 Å². The molecule has 6 nitrogen and oxygen atoms in total. The number of hydrazine groups is 1. The molecule has 0 spiro atoms. The van der Waals surface area contributed by atoms with Crippen LogP contribution in [0.2, 0.25) is 0 Å². The lowest BCUT2D eigenvalue weighted by molar-refractivity contribution is -0.0560. The van der Waals surface area contributed by atoms with E-state index in [-0.39, 0.29) is 23.7 Å². The van der Waals surface area contributed by atoms with E-state index in [1.807, 2.05) is 0 Å².